The van der Waals surface area contributed by atoms with Crippen molar-refractivity contribution < 1.29 is 19.1 Å². The Morgan fingerprint density at radius 3 is 2.27 bits per heavy atom. The van der Waals surface area contributed by atoms with Gasteiger partial charge in [-0.1, -0.05) is 30.3 Å². The number of hydrogen-bond acceptors (Lipinski definition) is 5. The fourth-order valence-electron chi connectivity index (χ4n) is 2.98. The lowest BCUT2D eigenvalue weighted by Crippen LogP contribution is -2.14. The van der Waals surface area contributed by atoms with E-state index in [2.05, 4.69) is 10.6 Å². The molecule has 0 fully saturated rings. The lowest BCUT2D eigenvalue weighted by atomic mass is 10.1. The van der Waals surface area contributed by atoms with Crippen LogP contribution in [0.1, 0.15) is 47.1 Å². The Morgan fingerprint density at radius 2 is 1.60 bits per heavy atom. The summed E-state index contributed by atoms with van der Waals surface area (Å²) in [5.41, 5.74) is 3.72. The maximum atomic E-state index is 13.0. The summed E-state index contributed by atoms with van der Waals surface area (Å²) in [4.78, 5) is 38.2. The predicted molar refractivity (Wildman–Crippen MR) is 119 cm³/mol. The Kier molecular flexibility index (Phi) is 6.32. The number of rotatable bonds is 5. The molecule has 2 aromatic carbocycles. The molecule has 0 aliphatic rings. The first kappa shape index (κ1) is 21.3. The second-order valence-electron chi connectivity index (χ2n) is 6.84. The molecule has 0 bridgehead atoms. The normalized spacial score (nSPS) is 10.4. The van der Waals surface area contributed by atoms with Crippen molar-refractivity contribution in [3.05, 3.63) is 81.2 Å². The van der Waals surface area contributed by atoms with Gasteiger partial charge in [-0.2, -0.15) is 0 Å². The number of carbonyl (C=O) groups excluding carboxylic acids is 3. The molecule has 1 heterocycles. The van der Waals surface area contributed by atoms with Crippen molar-refractivity contribution in [2.24, 2.45) is 0 Å². The second-order valence-corrected chi connectivity index (χ2v) is 7.87. The van der Waals surface area contributed by atoms with Crippen molar-refractivity contribution in [3.63, 3.8) is 0 Å². The molecule has 6 nitrogen and oxygen atoms in total. The number of benzene rings is 2. The first-order valence-electron chi connectivity index (χ1n) is 9.28. The molecule has 0 radical (unpaired) electrons. The molecular formula is C23H22N2O4S. The molecule has 1 aromatic heterocycles. The quantitative estimate of drug-likeness (QED) is 0.569. The number of methoxy groups -OCH3 is 1. The Hall–Kier alpha value is -3.45. The van der Waals surface area contributed by atoms with Gasteiger partial charge in [0.15, 0.2) is 0 Å². The molecule has 0 saturated heterocycles. The molecule has 0 aliphatic heterocycles. The highest BCUT2D eigenvalue weighted by molar-refractivity contribution is 7.19. The monoisotopic (exact) mass is 422 g/mol. The SMILES string of the molecule is COC(=O)c1c(NC(=O)c2ccccc2)sc(C(=O)Nc2cc(C)ccc2C)c1C. The van der Waals surface area contributed by atoms with E-state index in [1.165, 1.54) is 7.11 Å². The van der Waals surface area contributed by atoms with Crippen molar-refractivity contribution in [2.75, 3.05) is 17.7 Å². The number of ether oxygens (including phenoxy) is 1. The topological polar surface area (TPSA) is 84.5 Å². The van der Waals surface area contributed by atoms with Gasteiger partial charge >= 0.3 is 5.97 Å². The third-order valence-electron chi connectivity index (χ3n) is 4.65. The summed E-state index contributed by atoms with van der Waals surface area (Å²) in [6, 6.07) is 14.4. The molecule has 30 heavy (non-hydrogen) atoms. The van der Waals surface area contributed by atoms with Crippen molar-refractivity contribution in [1.29, 1.82) is 0 Å². The number of amides is 2. The van der Waals surface area contributed by atoms with Crippen LogP contribution in [0.4, 0.5) is 10.7 Å². The number of nitrogens with one attached hydrogen (secondary N) is 2. The van der Waals surface area contributed by atoms with Gasteiger partial charge in [0.1, 0.15) is 5.00 Å². The summed E-state index contributed by atoms with van der Waals surface area (Å²) < 4.78 is 4.88. The summed E-state index contributed by atoms with van der Waals surface area (Å²) in [7, 11) is 1.26. The van der Waals surface area contributed by atoms with E-state index < -0.39 is 5.97 Å². The third kappa shape index (κ3) is 4.41. The van der Waals surface area contributed by atoms with Crippen LogP contribution in [0.15, 0.2) is 48.5 Å². The van der Waals surface area contributed by atoms with Crippen molar-refractivity contribution >= 4 is 39.8 Å². The molecule has 2 amide bonds. The standard InChI is InChI=1S/C23H22N2O4S/c1-13-10-11-14(2)17(12-13)24-21(27)19-15(3)18(23(28)29-4)22(30-19)25-20(26)16-8-6-5-7-9-16/h5-12H,1-4H3,(H,24,27)(H,25,26). The summed E-state index contributed by atoms with van der Waals surface area (Å²) in [6.45, 7) is 5.51. The first-order valence-corrected chi connectivity index (χ1v) is 10.1. The van der Waals surface area contributed by atoms with Crippen molar-refractivity contribution in [1.82, 2.24) is 0 Å². The highest BCUT2D eigenvalue weighted by Gasteiger charge is 2.26. The van der Waals surface area contributed by atoms with Crippen LogP contribution in [0.25, 0.3) is 0 Å². The van der Waals surface area contributed by atoms with Crippen LogP contribution in [-0.2, 0) is 4.74 Å². The smallest absolute Gasteiger partial charge is 0.341 e. The van der Waals surface area contributed by atoms with E-state index in [1.54, 1.807) is 31.2 Å². The lowest BCUT2D eigenvalue weighted by Gasteiger charge is -2.09. The van der Waals surface area contributed by atoms with E-state index in [0.717, 1.165) is 22.5 Å². The molecule has 3 rings (SSSR count). The molecular weight excluding hydrogens is 400 g/mol. The van der Waals surface area contributed by atoms with Gasteiger partial charge in [0.2, 0.25) is 0 Å². The highest BCUT2D eigenvalue weighted by Crippen LogP contribution is 2.34. The minimum atomic E-state index is -0.613. The number of carbonyl (C=O) groups is 3. The number of aryl methyl sites for hydroxylation is 2. The Balaban J connectivity index is 1.95. The lowest BCUT2D eigenvalue weighted by molar-refractivity contribution is 0.0601. The van der Waals surface area contributed by atoms with Crippen molar-refractivity contribution in [3.8, 4) is 0 Å². The average molecular weight is 423 g/mol. The first-order chi connectivity index (χ1) is 14.3. The summed E-state index contributed by atoms with van der Waals surface area (Å²) in [6.07, 6.45) is 0. The average Bonchev–Trinajstić information content (AvgIpc) is 3.06. The number of thiophene rings is 1. The van der Waals surface area contributed by atoms with E-state index in [1.807, 2.05) is 38.1 Å². The summed E-state index contributed by atoms with van der Waals surface area (Å²) >= 11 is 1.05. The number of hydrogen-bond donors (Lipinski definition) is 2. The Bertz CT molecular complexity index is 1120. The van der Waals surface area contributed by atoms with Gasteiger partial charge in [-0.05, 0) is 55.7 Å². The molecule has 0 atom stereocenters. The van der Waals surface area contributed by atoms with E-state index in [-0.39, 0.29) is 22.4 Å². The summed E-state index contributed by atoms with van der Waals surface area (Å²) in [5, 5.41) is 5.92. The third-order valence-corrected chi connectivity index (χ3v) is 5.85. The van der Waals surface area contributed by atoms with Crippen molar-refractivity contribution in [2.45, 2.75) is 20.8 Å². The van der Waals surface area contributed by atoms with Gasteiger partial charge in [0.05, 0.1) is 17.6 Å². The van der Waals surface area contributed by atoms with E-state index in [9.17, 15) is 14.4 Å². The van der Waals surface area contributed by atoms with Gasteiger partial charge in [0, 0.05) is 11.3 Å². The zero-order chi connectivity index (χ0) is 21.8. The molecule has 0 unspecified atom stereocenters. The highest BCUT2D eigenvalue weighted by atomic mass is 32.1. The zero-order valence-corrected chi connectivity index (χ0v) is 18.0. The molecule has 2 N–H and O–H groups in total. The van der Waals surface area contributed by atoms with Crippen LogP contribution in [0.5, 0.6) is 0 Å². The molecule has 0 spiro atoms. The number of esters is 1. The zero-order valence-electron chi connectivity index (χ0n) is 17.2. The fraction of sp³-hybridized carbons (Fsp3) is 0.174. The van der Waals surface area contributed by atoms with Gasteiger partial charge in [0.25, 0.3) is 11.8 Å². The Morgan fingerprint density at radius 1 is 0.900 bits per heavy atom. The number of anilines is 2. The fourth-order valence-corrected chi connectivity index (χ4v) is 4.07. The van der Waals surface area contributed by atoms with Crippen LogP contribution in [-0.4, -0.2) is 24.9 Å². The summed E-state index contributed by atoms with van der Waals surface area (Å²) in [5.74, 6) is -1.34. The van der Waals surface area contributed by atoms with Gasteiger partial charge in [-0.3, -0.25) is 9.59 Å². The van der Waals surface area contributed by atoms with Gasteiger partial charge in [-0.25, -0.2) is 4.79 Å². The Labute approximate surface area is 178 Å². The van der Waals surface area contributed by atoms with E-state index in [0.29, 0.717) is 21.7 Å². The van der Waals surface area contributed by atoms with E-state index >= 15 is 0 Å². The molecule has 7 heteroatoms. The molecule has 0 aliphatic carbocycles. The molecule has 3 aromatic rings. The maximum Gasteiger partial charge on any atom is 0.341 e. The maximum absolute atomic E-state index is 13.0. The van der Waals surface area contributed by atoms with Crippen LogP contribution >= 0.6 is 11.3 Å². The molecule has 0 saturated carbocycles. The minimum Gasteiger partial charge on any atom is -0.465 e. The predicted octanol–water partition coefficient (Wildman–Crippen LogP) is 4.96. The van der Waals surface area contributed by atoms with Crippen LogP contribution < -0.4 is 10.6 Å². The van der Waals surface area contributed by atoms with Crippen LogP contribution in [0.3, 0.4) is 0 Å². The molecule has 154 valence electrons. The minimum absolute atomic E-state index is 0.179. The van der Waals surface area contributed by atoms with Crippen LogP contribution in [0.2, 0.25) is 0 Å². The van der Waals surface area contributed by atoms with Crippen LogP contribution in [0, 0.1) is 20.8 Å². The van der Waals surface area contributed by atoms with Gasteiger partial charge < -0.3 is 15.4 Å². The van der Waals surface area contributed by atoms with E-state index in [4.69, 9.17) is 4.74 Å². The second kappa shape index (κ2) is 8.92. The van der Waals surface area contributed by atoms with Gasteiger partial charge in [-0.15, -0.1) is 11.3 Å². The largest absolute Gasteiger partial charge is 0.465 e.